The van der Waals surface area contributed by atoms with Gasteiger partial charge in [-0.2, -0.15) is 0 Å². The highest BCUT2D eigenvalue weighted by Crippen LogP contribution is 2.49. The third-order valence-electron chi connectivity index (χ3n) is 4.78. The van der Waals surface area contributed by atoms with Crippen molar-refractivity contribution in [1.29, 1.82) is 0 Å². The second-order valence-corrected chi connectivity index (χ2v) is 5.92. The standard InChI is InChI=1S/C14H20O5/c1-6-3-10(16)13-11(6)8-4-7(18-2)5-9(15)12(8)14(17)19-13/h6-10,12,15-16H,3-5H2,1-2H3. The molecule has 106 valence electrons. The number of ether oxygens (including phenoxy) is 2. The first-order valence-electron chi connectivity index (χ1n) is 6.87. The van der Waals surface area contributed by atoms with E-state index in [-0.39, 0.29) is 17.9 Å². The Morgan fingerprint density at radius 3 is 2.68 bits per heavy atom. The maximum absolute atomic E-state index is 12.1. The maximum Gasteiger partial charge on any atom is 0.317 e. The Bertz CT molecular complexity index is 430. The molecule has 3 rings (SSSR count). The molecule has 0 aromatic carbocycles. The number of allylic oxidation sites excluding steroid dienone is 1. The Labute approximate surface area is 112 Å². The Hall–Kier alpha value is -0.910. The lowest BCUT2D eigenvalue weighted by molar-refractivity contribution is -0.160. The van der Waals surface area contributed by atoms with Crippen LogP contribution in [-0.2, 0) is 14.3 Å². The molecule has 2 aliphatic carbocycles. The molecule has 1 heterocycles. The Morgan fingerprint density at radius 1 is 1.26 bits per heavy atom. The number of carbonyl (C=O) groups excluding carboxylic acids is 1. The summed E-state index contributed by atoms with van der Waals surface area (Å²) in [6, 6.07) is 0. The van der Waals surface area contributed by atoms with Crippen LogP contribution in [0.25, 0.3) is 0 Å². The third-order valence-corrected chi connectivity index (χ3v) is 4.78. The molecule has 1 aliphatic heterocycles. The molecule has 6 atom stereocenters. The summed E-state index contributed by atoms with van der Waals surface area (Å²) in [7, 11) is 1.63. The minimum atomic E-state index is -0.727. The van der Waals surface area contributed by atoms with Gasteiger partial charge < -0.3 is 19.7 Å². The highest BCUT2D eigenvalue weighted by Gasteiger charge is 2.52. The number of carbonyl (C=O) groups is 1. The van der Waals surface area contributed by atoms with Gasteiger partial charge in [-0.1, -0.05) is 6.92 Å². The van der Waals surface area contributed by atoms with Gasteiger partial charge in [-0.05, 0) is 24.3 Å². The Morgan fingerprint density at radius 2 is 2.00 bits per heavy atom. The van der Waals surface area contributed by atoms with Gasteiger partial charge in [0, 0.05) is 19.4 Å². The van der Waals surface area contributed by atoms with Crippen molar-refractivity contribution in [1.82, 2.24) is 0 Å². The van der Waals surface area contributed by atoms with Crippen molar-refractivity contribution in [3.8, 4) is 0 Å². The zero-order valence-corrected chi connectivity index (χ0v) is 11.2. The number of aliphatic hydroxyl groups excluding tert-OH is 2. The van der Waals surface area contributed by atoms with Gasteiger partial charge in [-0.15, -0.1) is 0 Å². The predicted octanol–water partition coefficient (Wildman–Crippen LogP) is 0.600. The van der Waals surface area contributed by atoms with Crippen LogP contribution in [0.4, 0.5) is 0 Å². The van der Waals surface area contributed by atoms with E-state index in [1.165, 1.54) is 0 Å². The SMILES string of the molecule is COC1CC(O)C2C(=O)OC3=C(C(C)CC3O)C2C1. The Kier molecular flexibility index (Phi) is 3.15. The fourth-order valence-corrected chi connectivity index (χ4v) is 3.90. The van der Waals surface area contributed by atoms with E-state index in [9.17, 15) is 15.0 Å². The van der Waals surface area contributed by atoms with Gasteiger partial charge in [0.1, 0.15) is 11.9 Å². The number of rotatable bonds is 1. The van der Waals surface area contributed by atoms with Crippen LogP contribution in [0.15, 0.2) is 11.3 Å². The van der Waals surface area contributed by atoms with Gasteiger partial charge in [-0.25, -0.2) is 0 Å². The summed E-state index contributed by atoms with van der Waals surface area (Å²) in [6.45, 7) is 2.03. The number of esters is 1. The lowest BCUT2D eigenvalue weighted by atomic mass is 9.69. The zero-order valence-electron chi connectivity index (χ0n) is 11.2. The molecule has 3 aliphatic rings. The molecule has 0 amide bonds. The van der Waals surface area contributed by atoms with E-state index in [2.05, 4.69) is 0 Å². The quantitative estimate of drug-likeness (QED) is 0.681. The summed E-state index contributed by atoms with van der Waals surface area (Å²) in [4.78, 5) is 12.1. The largest absolute Gasteiger partial charge is 0.428 e. The molecule has 0 bridgehead atoms. The van der Waals surface area contributed by atoms with Crippen LogP contribution in [-0.4, -0.2) is 41.6 Å². The van der Waals surface area contributed by atoms with Gasteiger partial charge in [-0.3, -0.25) is 4.79 Å². The lowest BCUT2D eigenvalue weighted by Gasteiger charge is -2.42. The van der Waals surface area contributed by atoms with E-state index >= 15 is 0 Å². The number of hydrogen-bond donors (Lipinski definition) is 2. The highest BCUT2D eigenvalue weighted by molar-refractivity contribution is 5.77. The van der Waals surface area contributed by atoms with Crippen LogP contribution >= 0.6 is 0 Å². The second kappa shape index (κ2) is 4.58. The van der Waals surface area contributed by atoms with Crippen LogP contribution in [0.1, 0.15) is 26.2 Å². The molecular formula is C14H20O5. The number of methoxy groups -OCH3 is 1. The van der Waals surface area contributed by atoms with Crippen molar-refractivity contribution in [2.75, 3.05) is 7.11 Å². The van der Waals surface area contributed by atoms with E-state index in [1.807, 2.05) is 6.92 Å². The normalized spacial score (nSPS) is 45.8. The molecule has 5 heteroatoms. The molecule has 0 radical (unpaired) electrons. The fraction of sp³-hybridized carbons (Fsp3) is 0.786. The summed E-state index contributed by atoms with van der Waals surface area (Å²) >= 11 is 0. The third kappa shape index (κ3) is 1.91. The number of fused-ring (bicyclic) bond motifs is 2. The molecule has 5 nitrogen and oxygen atoms in total. The molecule has 6 unspecified atom stereocenters. The van der Waals surface area contributed by atoms with Crippen molar-refractivity contribution in [3.63, 3.8) is 0 Å². The molecule has 1 fully saturated rings. The van der Waals surface area contributed by atoms with Crippen LogP contribution in [0, 0.1) is 17.8 Å². The second-order valence-electron chi connectivity index (χ2n) is 5.92. The minimum absolute atomic E-state index is 0.0409. The van der Waals surface area contributed by atoms with Crippen LogP contribution < -0.4 is 0 Å². The monoisotopic (exact) mass is 268 g/mol. The minimum Gasteiger partial charge on any atom is -0.428 e. The van der Waals surface area contributed by atoms with Gasteiger partial charge >= 0.3 is 5.97 Å². The van der Waals surface area contributed by atoms with Crippen molar-refractivity contribution in [2.24, 2.45) is 17.8 Å². The average Bonchev–Trinajstić information content (AvgIpc) is 2.64. The molecule has 19 heavy (non-hydrogen) atoms. The highest BCUT2D eigenvalue weighted by atomic mass is 16.6. The van der Waals surface area contributed by atoms with E-state index in [1.54, 1.807) is 7.11 Å². The predicted molar refractivity (Wildman–Crippen MR) is 65.9 cm³/mol. The Balaban J connectivity index is 1.99. The molecule has 1 saturated carbocycles. The summed E-state index contributed by atoms with van der Waals surface area (Å²) < 4.78 is 10.7. The van der Waals surface area contributed by atoms with Crippen molar-refractivity contribution >= 4 is 5.97 Å². The number of hydrogen-bond acceptors (Lipinski definition) is 5. The lowest BCUT2D eigenvalue weighted by Crippen LogP contribution is -2.47. The smallest absolute Gasteiger partial charge is 0.317 e. The molecule has 2 N–H and O–H groups in total. The first kappa shape index (κ1) is 13.1. The van der Waals surface area contributed by atoms with Crippen LogP contribution in [0.2, 0.25) is 0 Å². The average molecular weight is 268 g/mol. The summed E-state index contributed by atoms with van der Waals surface area (Å²) in [5, 5.41) is 20.1. The molecule has 0 aromatic heterocycles. The molecule has 0 aromatic rings. The molecular weight excluding hydrogens is 248 g/mol. The van der Waals surface area contributed by atoms with E-state index in [0.29, 0.717) is 25.0 Å². The van der Waals surface area contributed by atoms with Gasteiger partial charge in [0.15, 0.2) is 0 Å². The summed E-state index contributed by atoms with van der Waals surface area (Å²) in [5.74, 6) is -0.343. The zero-order chi connectivity index (χ0) is 13.7. The van der Waals surface area contributed by atoms with Gasteiger partial charge in [0.25, 0.3) is 0 Å². The fourth-order valence-electron chi connectivity index (χ4n) is 3.90. The topological polar surface area (TPSA) is 76.0 Å². The number of aliphatic hydroxyl groups is 2. The maximum atomic E-state index is 12.1. The van der Waals surface area contributed by atoms with Crippen LogP contribution in [0.3, 0.4) is 0 Å². The van der Waals surface area contributed by atoms with Crippen molar-refractivity contribution in [2.45, 2.75) is 44.5 Å². The summed E-state index contributed by atoms with van der Waals surface area (Å²) in [6.07, 6.45) is 0.316. The van der Waals surface area contributed by atoms with Crippen molar-refractivity contribution < 1.29 is 24.5 Å². The molecule has 0 spiro atoms. The molecule has 0 saturated heterocycles. The van der Waals surface area contributed by atoms with Gasteiger partial charge in [0.2, 0.25) is 0 Å². The summed E-state index contributed by atoms with van der Waals surface area (Å²) in [5.41, 5.74) is 1.01. The van der Waals surface area contributed by atoms with E-state index in [0.717, 1.165) is 5.57 Å². The van der Waals surface area contributed by atoms with E-state index < -0.39 is 24.1 Å². The first-order chi connectivity index (χ1) is 9.02. The van der Waals surface area contributed by atoms with Crippen molar-refractivity contribution in [3.05, 3.63) is 11.3 Å². The van der Waals surface area contributed by atoms with Gasteiger partial charge in [0.05, 0.1) is 18.1 Å². The van der Waals surface area contributed by atoms with E-state index in [4.69, 9.17) is 9.47 Å². The van der Waals surface area contributed by atoms with Crippen LogP contribution in [0.5, 0.6) is 0 Å². The first-order valence-corrected chi connectivity index (χ1v) is 6.87.